The number of carbonyl (C=O) groups is 1. The quantitative estimate of drug-likeness (QED) is 0.347. The Morgan fingerprint density at radius 3 is 2.52 bits per heavy atom. The fraction of sp³-hybridized carbons (Fsp3) is 0.100. The summed E-state index contributed by atoms with van der Waals surface area (Å²) in [6, 6.07) is 15.6. The predicted octanol–water partition coefficient (Wildman–Crippen LogP) is 6.48. The molecule has 0 spiro atoms. The maximum Gasteiger partial charge on any atom is 0.265 e. The summed E-state index contributed by atoms with van der Waals surface area (Å²) in [4.78, 5) is 14.4. The summed E-state index contributed by atoms with van der Waals surface area (Å²) in [7, 11) is 0. The minimum absolute atomic E-state index is 0.111. The van der Waals surface area contributed by atoms with Crippen LogP contribution < -0.4 is 5.32 Å². The van der Waals surface area contributed by atoms with Crippen molar-refractivity contribution in [3.8, 4) is 5.69 Å². The summed E-state index contributed by atoms with van der Waals surface area (Å²) >= 11 is 8.38. The molecule has 2 heterocycles. The number of nitrogens with one attached hydrogen (secondary N) is 1. The van der Waals surface area contributed by atoms with Gasteiger partial charge in [-0.3, -0.25) is 4.79 Å². The van der Waals surface area contributed by atoms with Crippen LogP contribution in [0.5, 0.6) is 0 Å². The maximum atomic E-state index is 12.7. The van der Waals surface area contributed by atoms with Crippen LogP contribution in [0.4, 0.5) is 5.69 Å². The lowest BCUT2D eigenvalue weighted by Crippen LogP contribution is -2.10. The summed E-state index contributed by atoms with van der Waals surface area (Å²) in [5.41, 5.74) is 3.73. The Kier molecular flexibility index (Phi) is 4.92. The third-order valence-corrected chi connectivity index (χ3v) is 6.78. The maximum absolute atomic E-state index is 12.7. The van der Waals surface area contributed by atoms with Crippen molar-refractivity contribution in [3.63, 3.8) is 0 Å². The number of aryl methyl sites for hydroxylation is 2. The van der Waals surface area contributed by atoms with Gasteiger partial charge in [0, 0.05) is 20.0 Å². The van der Waals surface area contributed by atoms with Crippen molar-refractivity contribution in [3.05, 3.63) is 73.6 Å². The van der Waals surface area contributed by atoms with Gasteiger partial charge in [0.1, 0.15) is 4.83 Å². The second-order valence-electron chi connectivity index (χ2n) is 6.22. The molecule has 2 aromatic carbocycles. The van der Waals surface area contributed by atoms with E-state index < -0.39 is 0 Å². The first kappa shape index (κ1) is 18.4. The van der Waals surface area contributed by atoms with Gasteiger partial charge < -0.3 is 5.32 Å². The van der Waals surface area contributed by atoms with E-state index in [0.717, 1.165) is 41.8 Å². The average Bonchev–Trinajstić information content (AvgIpc) is 3.20. The predicted molar refractivity (Wildman–Crippen MR) is 118 cm³/mol. The summed E-state index contributed by atoms with van der Waals surface area (Å²) in [5.74, 6) is -0.111. The normalized spacial score (nSPS) is 11.1. The van der Waals surface area contributed by atoms with Crippen LogP contribution in [0.2, 0.25) is 0 Å². The molecule has 0 fully saturated rings. The number of carbonyl (C=O) groups excluding carboxylic acids is 1. The van der Waals surface area contributed by atoms with E-state index in [1.54, 1.807) is 0 Å². The van der Waals surface area contributed by atoms with E-state index >= 15 is 0 Å². The first-order valence-electron chi connectivity index (χ1n) is 8.25. The van der Waals surface area contributed by atoms with Gasteiger partial charge in [0.05, 0.1) is 16.3 Å². The SMILES string of the molecule is Cc1cc(NC(=O)c2cc3c(C)nn(-c4ccc(Br)cc4)c3s2)ccc1Br. The van der Waals surface area contributed by atoms with Crippen molar-refractivity contribution in [2.45, 2.75) is 13.8 Å². The lowest BCUT2D eigenvalue weighted by atomic mass is 10.2. The van der Waals surface area contributed by atoms with E-state index in [9.17, 15) is 4.79 Å². The second-order valence-corrected chi connectivity index (χ2v) is 9.02. The Labute approximate surface area is 177 Å². The van der Waals surface area contributed by atoms with Crippen molar-refractivity contribution >= 4 is 65.0 Å². The van der Waals surface area contributed by atoms with Crippen molar-refractivity contribution in [1.29, 1.82) is 0 Å². The molecule has 0 aliphatic heterocycles. The van der Waals surface area contributed by atoms with Crippen LogP contribution in [0.25, 0.3) is 15.9 Å². The number of anilines is 1. The molecule has 0 atom stereocenters. The number of thiophene rings is 1. The number of fused-ring (bicyclic) bond motifs is 1. The third kappa shape index (κ3) is 3.59. The van der Waals surface area contributed by atoms with Crippen molar-refractivity contribution < 1.29 is 4.79 Å². The zero-order valence-corrected chi connectivity index (χ0v) is 18.6. The molecule has 0 unspecified atom stereocenters. The van der Waals surface area contributed by atoms with Crippen LogP contribution in [-0.4, -0.2) is 15.7 Å². The standard InChI is InChI=1S/C20H15Br2N3OS/c1-11-9-14(5-8-17(11)22)23-19(26)18-10-16-12(2)24-25(20(16)27-18)15-6-3-13(21)4-7-15/h3-10H,1-2H3,(H,23,26). The van der Waals surface area contributed by atoms with Crippen molar-refractivity contribution in [2.24, 2.45) is 0 Å². The summed E-state index contributed by atoms with van der Waals surface area (Å²) in [5, 5.41) is 8.61. The van der Waals surface area contributed by atoms with Crippen molar-refractivity contribution in [1.82, 2.24) is 9.78 Å². The van der Waals surface area contributed by atoms with Gasteiger partial charge in [0.25, 0.3) is 5.91 Å². The molecular formula is C20H15Br2N3OS. The number of amides is 1. The molecule has 1 amide bonds. The third-order valence-electron chi connectivity index (χ3n) is 4.26. The fourth-order valence-electron chi connectivity index (χ4n) is 2.83. The minimum Gasteiger partial charge on any atom is -0.321 e. The molecule has 2 aromatic heterocycles. The highest BCUT2D eigenvalue weighted by molar-refractivity contribution is 9.10. The van der Waals surface area contributed by atoms with Gasteiger partial charge in [-0.15, -0.1) is 11.3 Å². The summed E-state index contributed by atoms with van der Waals surface area (Å²) in [6.07, 6.45) is 0. The van der Waals surface area contributed by atoms with Crippen LogP contribution in [0.3, 0.4) is 0 Å². The molecule has 0 radical (unpaired) electrons. The van der Waals surface area contributed by atoms with E-state index in [4.69, 9.17) is 0 Å². The average molecular weight is 505 g/mol. The first-order valence-corrected chi connectivity index (χ1v) is 10.7. The van der Waals surface area contributed by atoms with Crippen molar-refractivity contribution in [2.75, 3.05) is 5.32 Å². The molecule has 0 bridgehead atoms. The van der Waals surface area contributed by atoms with Crippen LogP contribution >= 0.6 is 43.2 Å². The zero-order chi connectivity index (χ0) is 19.1. The molecule has 4 rings (SSSR count). The number of rotatable bonds is 3. The van der Waals surface area contributed by atoms with Crippen LogP contribution in [0, 0.1) is 13.8 Å². The van der Waals surface area contributed by atoms with Gasteiger partial charge in [0.15, 0.2) is 0 Å². The minimum atomic E-state index is -0.111. The second kappa shape index (κ2) is 7.22. The van der Waals surface area contributed by atoms with Crippen LogP contribution in [0.15, 0.2) is 57.5 Å². The fourth-order valence-corrected chi connectivity index (χ4v) is 4.42. The molecule has 4 aromatic rings. The smallest absolute Gasteiger partial charge is 0.265 e. The topological polar surface area (TPSA) is 46.9 Å². The van der Waals surface area contributed by atoms with E-state index in [1.165, 1.54) is 11.3 Å². The molecule has 0 aliphatic carbocycles. The number of hydrogen-bond donors (Lipinski definition) is 1. The Balaban J connectivity index is 1.68. The lowest BCUT2D eigenvalue weighted by Gasteiger charge is -2.06. The monoisotopic (exact) mass is 503 g/mol. The molecule has 0 saturated heterocycles. The lowest BCUT2D eigenvalue weighted by molar-refractivity contribution is 0.103. The van der Waals surface area contributed by atoms with Gasteiger partial charge >= 0.3 is 0 Å². The van der Waals surface area contributed by atoms with Crippen LogP contribution in [-0.2, 0) is 0 Å². The molecule has 0 saturated carbocycles. The van der Waals surface area contributed by atoms with E-state index in [0.29, 0.717) is 4.88 Å². The van der Waals surface area contributed by atoms with Gasteiger partial charge in [-0.2, -0.15) is 5.10 Å². The number of halogens is 2. The molecule has 1 N–H and O–H groups in total. The highest BCUT2D eigenvalue weighted by atomic mass is 79.9. The van der Waals surface area contributed by atoms with Gasteiger partial charge in [-0.05, 0) is 67.9 Å². The van der Waals surface area contributed by atoms with Crippen LogP contribution in [0.1, 0.15) is 20.9 Å². The molecule has 27 heavy (non-hydrogen) atoms. The zero-order valence-electron chi connectivity index (χ0n) is 14.6. The number of nitrogens with zero attached hydrogens (tertiary/aromatic N) is 2. The Morgan fingerprint density at radius 2 is 1.81 bits per heavy atom. The van der Waals surface area contributed by atoms with Gasteiger partial charge in [-0.1, -0.05) is 31.9 Å². The Hall–Kier alpha value is -1.96. The summed E-state index contributed by atoms with van der Waals surface area (Å²) < 4.78 is 3.93. The number of benzene rings is 2. The Bertz CT molecular complexity index is 1160. The largest absolute Gasteiger partial charge is 0.321 e. The highest BCUT2D eigenvalue weighted by Crippen LogP contribution is 2.31. The number of hydrogen-bond acceptors (Lipinski definition) is 3. The summed E-state index contributed by atoms with van der Waals surface area (Å²) in [6.45, 7) is 3.96. The molecule has 4 nitrogen and oxygen atoms in total. The first-order chi connectivity index (χ1) is 12.9. The van der Waals surface area contributed by atoms with Gasteiger partial charge in [-0.25, -0.2) is 4.68 Å². The van der Waals surface area contributed by atoms with E-state index in [-0.39, 0.29) is 5.91 Å². The molecule has 7 heteroatoms. The molecular weight excluding hydrogens is 490 g/mol. The number of aromatic nitrogens is 2. The molecule has 0 aliphatic rings. The van der Waals surface area contributed by atoms with E-state index in [2.05, 4.69) is 42.3 Å². The van der Waals surface area contributed by atoms with E-state index in [1.807, 2.05) is 67.1 Å². The molecule has 136 valence electrons. The van der Waals surface area contributed by atoms with Gasteiger partial charge in [0.2, 0.25) is 0 Å². The Morgan fingerprint density at radius 1 is 1.07 bits per heavy atom. The highest BCUT2D eigenvalue weighted by Gasteiger charge is 2.17.